The molecule has 0 aliphatic rings. The lowest BCUT2D eigenvalue weighted by atomic mass is 9.90. The maximum atomic E-state index is 14.2. The van der Waals surface area contributed by atoms with Gasteiger partial charge in [0.15, 0.2) is 11.7 Å². The molecule has 0 nitrogen and oxygen atoms in total. The van der Waals surface area contributed by atoms with E-state index in [0.29, 0.717) is 11.8 Å². The van der Waals surface area contributed by atoms with Crippen LogP contribution in [-0.4, -0.2) is 0 Å². The van der Waals surface area contributed by atoms with Gasteiger partial charge in [0.05, 0.1) is 9.75 Å². The smallest absolute Gasteiger partial charge is 0.200 e. The average molecular weight is 965 g/mol. The number of thiophene rings is 4. The maximum absolute atomic E-state index is 14.2. The molecule has 0 saturated heterocycles. The van der Waals surface area contributed by atoms with Crippen LogP contribution in [0.3, 0.4) is 0 Å². The van der Waals surface area contributed by atoms with E-state index in [0.717, 1.165) is 85.1 Å². The van der Waals surface area contributed by atoms with Crippen LogP contribution in [0.15, 0.2) is 109 Å². The van der Waals surface area contributed by atoms with Gasteiger partial charge in [0.2, 0.25) is 0 Å². The molecule has 4 heterocycles. The monoisotopic (exact) mass is 964 g/mol. The Morgan fingerprint density at radius 3 is 1.20 bits per heavy atom. The zero-order valence-electron chi connectivity index (χ0n) is 37.4. The Bertz CT molecular complexity index is 2990. The van der Waals surface area contributed by atoms with Crippen LogP contribution in [0.5, 0.6) is 0 Å². The lowest BCUT2D eigenvalue weighted by molar-refractivity contribution is 0.410. The normalized spacial score (nSPS) is 12.9. The van der Waals surface area contributed by atoms with Gasteiger partial charge >= 0.3 is 12.2 Å². The molecule has 66 heavy (non-hydrogen) atoms. The minimum absolute atomic E-state index is 0.134. The zero-order valence-corrected chi connectivity index (χ0v) is 40.6. The molecule has 0 amide bonds. The quantitative estimate of drug-likeness (QED) is 0.0594. The summed E-state index contributed by atoms with van der Waals surface area (Å²) in [5, 5.41) is 7.40. The summed E-state index contributed by atoms with van der Waals surface area (Å²) in [6.07, 6.45) is 6.20. The molecule has 9 rings (SSSR count). The van der Waals surface area contributed by atoms with Crippen molar-refractivity contribution >= 4 is 98.7 Å². The average Bonchev–Trinajstić information content (AvgIpc) is 4.14. The Morgan fingerprint density at radius 2 is 0.848 bits per heavy atom. The first kappa shape index (κ1) is 46.4. The van der Waals surface area contributed by atoms with Crippen LogP contribution in [0.2, 0.25) is 0 Å². The summed E-state index contributed by atoms with van der Waals surface area (Å²) >= 11 is 7.12. The summed E-state index contributed by atoms with van der Waals surface area (Å²) in [5.41, 5.74) is 4.03. The molecule has 0 aliphatic carbocycles. The first-order valence-corrected chi connectivity index (χ1v) is 26.3. The molecule has 5 aromatic carbocycles. The van der Waals surface area contributed by atoms with Crippen LogP contribution in [0.1, 0.15) is 101 Å². The number of benzene rings is 5. The second kappa shape index (κ2) is 19.8. The lowest BCUT2D eigenvalue weighted by Crippen LogP contribution is -2.03. The van der Waals surface area contributed by atoms with Crippen molar-refractivity contribution in [3.05, 3.63) is 131 Å². The predicted molar refractivity (Wildman–Crippen MR) is 275 cm³/mol. The molecule has 2 unspecified atom stereocenters. The Kier molecular flexibility index (Phi) is 13.9. The van der Waals surface area contributed by atoms with Crippen LogP contribution in [0.25, 0.3) is 93.8 Å². The third-order valence-corrected chi connectivity index (χ3v) is 18.4. The number of unbranched alkanes of at least 4 members (excludes halogenated alkanes) is 2. The van der Waals surface area contributed by atoms with E-state index in [1.54, 1.807) is 46.9 Å². The van der Waals surface area contributed by atoms with E-state index in [1.807, 2.05) is 22.7 Å². The molecule has 2 atom stereocenters. The largest absolute Gasteiger partial charge is 0.306 e. The van der Waals surface area contributed by atoms with E-state index in [2.05, 4.69) is 76.2 Å². The predicted octanol–water partition coefficient (Wildman–Crippen LogP) is 21.2. The number of hydrogen-bond donors (Lipinski definition) is 0. The van der Waals surface area contributed by atoms with E-state index in [-0.39, 0.29) is 11.1 Å². The minimum atomic E-state index is -2.32. The van der Waals surface area contributed by atoms with Crippen LogP contribution in [-0.2, 0) is 12.8 Å². The van der Waals surface area contributed by atoms with Gasteiger partial charge in [-0.2, -0.15) is 17.6 Å². The van der Waals surface area contributed by atoms with Crippen molar-refractivity contribution in [1.82, 2.24) is 0 Å². The highest BCUT2D eigenvalue weighted by molar-refractivity contribution is 7.29. The lowest BCUT2D eigenvalue weighted by Gasteiger charge is -2.15. The topological polar surface area (TPSA) is 0 Å². The van der Waals surface area contributed by atoms with E-state index in [9.17, 15) is 26.3 Å². The molecule has 0 spiro atoms. The number of rotatable bonds is 18. The molecule has 340 valence electrons. The number of halogens is 6. The SMILES string of the molecule is CCCCC(CC)Cc1cc(-c2ccc(C(F)=C(F)F)cc2)sc1-c1sc2cccc3c4c(-c5sc(-c6ccc(C(F)=C(F)F)cc6)cc5CC(CC)CCCC)sc5cccc(c1c23)c54. The van der Waals surface area contributed by atoms with Gasteiger partial charge in [-0.25, -0.2) is 8.78 Å². The molecule has 9 aromatic rings. The van der Waals surface area contributed by atoms with Gasteiger partial charge in [-0.1, -0.05) is 152 Å². The minimum Gasteiger partial charge on any atom is -0.200 e. The van der Waals surface area contributed by atoms with E-state index >= 15 is 0 Å². The van der Waals surface area contributed by atoms with Gasteiger partial charge in [-0.15, -0.1) is 45.3 Å². The van der Waals surface area contributed by atoms with Crippen molar-refractivity contribution in [1.29, 1.82) is 0 Å². The van der Waals surface area contributed by atoms with E-state index < -0.39 is 23.8 Å². The van der Waals surface area contributed by atoms with E-state index in [1.165, 1.54) is 96.6 Å². The van der Waals surface area contributed by atoms with Gasteiger partial charge in [0.1, 0.15) is 0 Å². The molecule has 0 aliphatic heterocycles. The van der Waals surface area contributed by atoms with Gasteiger partial charge in [0, 0.05) is 61.6 Å². The van der Waals surface area contributed by atoms with Crippen LogP contribution in [0, 0.1) is 11.8 Å². The third kappa shape index (κ3) is 8.79. The first-order chi connectivity index (χ1) is 32.0. The van der Waals surface area contributed by atoms with Crippen LogP contribution < -0.4 is 0 Å². The Balaban J connectivity index is 1.25. The fraction of sp³-hybridized carbons (Fsp3) is 0.286. The second-order valence-electron chi connectivity index (χ2n) is 17.4. The molecular formula is C56H50F6S4. The molecule has 10 heteroatoms. The van der Waals surface area contributed by atoms with Gasteiger partial charge in [-0.05, 0) is 82.0 Å². The molecule has 0 radical (unpaired) electrons. The molecule has 4 aromatic heterocycles. The molecule has 0 bridgehead atoms. The Labute approximate surface area is 398 Å². The van der Waals surface area contributed by atoms with Gasteiger partial charge in [0.25, 0.3) is 0 Å². The maximum Gasteiger partial charge on any atom is 0.306 e. The summed E-state index contributed by atoms with van der Waals surface area (Å²) in [4.78, 5) is 6.95. The third-order valence-electron chi connectivity index (χ3n) is 13.3. The molecular weight excluding hydrogens is 915 g/mol. The highest BCUT2D eigenvalue weighted by Crippen LogP contribution is 2.57. The Morgan fingerprint density at radius 1 is 0.455 bits per heavy atom. The summed E-state index contributed by atoms with van der Waals surface area (Å²) in [6, 6.07) is 30.6. The summed E-state index contributed by atoms with van der Waals surface area (Å²) in [7, 11) is 0. The second-order valence-corrected chi connectivity index (χ2v) is 21.7. The summed E-state index contributed by atoms with van der Waals surface area (Å²) in [6.45, 7) is 9.00. The van der Waals surface area contributed by atoms with Gasteiger partial charge < -0.3 is 0 Å². The fourth-order valence-electron chi connectivity index (χ4n) is 9.67. The summed E-state index contributed by atoms with van der Waals surface area (Å²) < 4.78 is 83.7. The molecule has 0 fully saturated rings. The Hall–Kier alpha value is -4.74. The first-order valence-electron chi connectivity index (χ1n) is 23.0. The van der Waals surface area contributed by atoms with Crippen molar-refractivity contribution in [2.45, 2.75) is 91.9 Å². The van der Waals surface area contributed by atoms with Crippen molar-refractivity contribution in [2.24, 2.45) is 11.8 Å². The summed E-state index contributed by atoms with van der Waals surface area (Å²) in [5.74, 6) is -1.98. The van der Waals surface area contributed by atoms with Crippen LogP contribution in [0.4, 0.5) is 26.3 Å². The van der Waals surface area contributed by atoms with Crippen molar-refractivity contribution in [3.8, 4) is 40.4 Å². The van der Waals surface area contributed by atoms with Crippen LogP contribution >= 0.6 is 45.3 Å². The van der Waals surface area contributed by atoms with E-state index in [4.69, 9.17) is 0 Å². The van der Waals surface area contributed by atoms with Gasteiger partial charge in [-0.3, -0.25) is 0 Å². The number of hydrogen-bond acceptors (Lipinski definition) is 4. The number of fused-ring (bicyclic) bond motifs is 2. The van der Waals surface area contributed by atoms with Crippen molar-refractivity contribution in [2.75, 3.05) is 0 Å². The molecule has 0 N–H and O–H groups in total. The highest BCUT2D eigenvalue weighted by atomic mass is 32.1. The highest BCUT2D eigenvalue weighted by Gasteiger charge is 2.28. The fourth-order valence-corrected chi connectivity index (χ4v) is 14.9. The zero-order chi connectivity index (χ0) is 46.2. The standard InChI is InChI=1S/C56H50F6S4/c1-5-9-13-31(7-3)27-37-29-43(33-19-23-35(24-20-33)49(57)55(59)60)65-51(37)53-47-39-15-11-18-42-46(39)48(40-16-12-17-41(63-53)45(40)47)54(64-42)52-38(28-32(8-4)14-10-6-2)30-44(66-52)34-21-25-36(26-22-34)50(58)56(61)62/h11-12,15-26,29-32H,5-10,13-14,27-28H2,1-4H3. The molecule has 0 saturated carbocycles. The van der Waals surface area contributed by atoms with Crippen molar-refractivity contribution < 1.29 is 26.3 Å². The van der Waals surface area contributed by atoms with Crippen molar-refractivity contribution in [3.63, 3.8) is 0 Å².